The predicted octanol–water partition coefficient (Wildman–Crippen LogP) is 5.64. The Balaban J connectivity index is 2.93. The molecule has 26 heavy (non-hydrogen) atoms. The van der Waals surface area contributed by atoms with Crippen LogP contribution in [0.25, 0.3) is 0 Å². The highest BCUT2D eigenvalue weighted by molar-refractivity contribution is 6.59. The van der Waals surface area contributed by atoms with Crippen LogP contribution in [0.4, 0.5) is 31.1 Å². The molecular weight excluding hydrogens is 435 g/mol. The molecule has 0 saturated carbocycles. The molecule has 0 bridgehead atoms. The normalized spacial score (nSPS) is 11.3. The Kier molecular flexibility index (Phi) is 7.50. The third-order valence-corrected chi connectivity index (χ3v) is 3.33. The number of alkyl carbamates (subject to hydrolysis) is 1. The Morgan fingerprint density at radius 2 is 1.50 bits per heavy atom. The van der Waals surface area contributed by atoms with E-state index in [9.17, 15) is 31.1 Å². The molecule has 0 aliphatic rings. The van der Waals surface area contributed by atoms with Crippen LogP contribution in [0, 0.1) is 11.8 Å². The number of hydrogen-bond acceptors (Lipinski definition) is 2. The summed E-state index contributed by atoms with van der Waals surface area (Å²) in [4.78, 5) is 11.2. The molecule has 0 aliphatic heterocycles. The van der Waals surface area contributed by atoms with Crippen molar-refractivity contribution in [2.75, 3.05) is 6.61 Å². The number of rotatable bonds is 2. The highest BCUT2D eigenvalue weighted by Crippen LogP contribution is 2.36. The summed E-state index contributed by atoms with van der Waals surface area (Å²) in [7, 11) is 0. The molecule has 0 fully saturated rings. The zero-order valence-electron chi connectivity index (χ0n) is 12.2. The van der Waals surface area contributed by atoms with Gasteiger partial charge in [0.25, 0.3) is 0 Å². The molecule has 0 atom stereocenters. The van der Waals surface area contributed by atoms with Gasteiger partial charge >= 0.3 is 18.4 Å². The monoisotopic (exact) mass is 439 g/mol. The first-order valence-corrected chi connectivity index (χ1v) is 7.37. The summed E-state index contributed by atoms with van der Waals surface area (Å²) in [6.45, 7) is -0.645. The van der Waals surface area contributed by atoms with Gasteiger partial charge in [-0.2, -0.15) is 26.3 Å². The van der Waals surface area contributed by atoms with Crippen molar-refractivity contribution in [3.8, 4) is 11.8 Å². The van der Waals surface area contributed by atoms with Gasteiger partial charge in [-0.05, 0) is 18.2 Å². The number of hydrogen-bond donors (Lipinski definition) is 1. The minimum absolute atomic E-state index is 0.0284. The molecule has 0 saturated heterocycles. The number of halogens is 9. The summed E-state index contributed by atoms with van der Waals surface area (Å²) in [5.41, 5.74) is -3.58. The first-order valence-electron chi connectivity index (χ1n) is 6.23. The van der Waals surface area contributed by atoms with E-state index in [-0.39, 0.29) is 6.07 Å². The SMILES string of the molecule is O=C(NC(Cl)=C(Cl)Cl)OCC#Cc1cc(C(F)(F)F)cc(C(F)(F)F)c1. The molecule has 1 amide bonds. The fraction of sp³-hybridized carbons (Fsp3) is 0.214. The molecule has 0 spiro atoms. The summed E-state index contributed by atoms with van der Waals surface area (Å²) in [5, 5.41) is 1.45. The smallest absolute Gasteiger partial charge is 0.416 e. The Morgan fingerprint density at radius 1 is 1.00 bits per heavy atom. The molecule has 0 aliphatic carbocycles. The van der Waals surface area contributed by atoms with E-state index in [2.05, 4.69) is 10.7 Å². The third-order valence-electron chi connectivity index (χ3n) is 2.47. The van der Waals surface area contributed by atoms with E-state index in [0.717, 1.165) is 0 Å². The average Bonchev–Trinajstić information content (AvgIpc) is 2.49. The van der Waals surface area contributed by atoms with E-state index in [1.165, 1.54) is 0 Å². The van der Waals surface area contributed by atoms with E-state index >= 15 is 0 Å². The molecule has 3 nitrogen and oxygen atoms in total. The number of carbonyl (C=O) groups is 1. The number of amides is 1. The minimum atomic E-state index is -4.99. The fourth-order valence-electron chi connectivity index (χ4n) is 1.44. The first kappa shape index (κ1) is 22.3. The van der Waals surface area contributed by atoms with E-state index in [4.69, 9.17) is 34.8 Å². The van der Waals surface area contributed by atoms with Gasteiger partial charge in [0.2, 0.25) is 0 Å². The van der Waals surface area contributed by atoms with Crippen molar-refractivity contribution in [2.45, 2.75) is 12.4 Å². The van der Waals surface area contributed by atoms with Gasteiger partial charge in [-0.3, -0.25) is 5.32 Å². The van der Waals surface area contributed by atoms with Gasteiger partial charge in [-0.1, -0.05) is 46.6 Å². The van der Waals surface area contributed by atoms with Crippen LogP contribution in [0.5, 0.6) is 0 Å². The molecule has 1 N–H and O–H groups in total. The van der Waals surface area contributed by atoms with E-state index in [1.54, 1.807) is 0 Å². The van der Waals surface area contributed by atoms with Crippen LogP contribution in [0.3, 0.4) is 0 Å². The number of carbonyl (C=O) groups excluding carboxylic acids is 1. The molecule has 12 heteroatoms. The number of alkyl halides is 6. The average molecular weight is 441 g/mol. The minimum Gasteiger partial charge on any atom is -0.436 e. The van der Waals surface area contributed by atoms with Crippen molar-refractivity contribution in [3.05, 3.63) is 44.5 Å². The highest BCUT2D eigenvalue weighted by Gasteiger charge is 2.36. The largest absolute Gasteiger partial charge is 0.436 e. The summed E-state index contributed by atoms with van der Waals surface area (Å²) in [5.74, 6) is 4.15. The molecule has 0 aromatic heterocycles. The molecule has 1 rings (SSSR count). The van der Waals surface area contributed by atoms with E-state index in [1.807, 2.05) is 11.2 Å². The lowest BCUT2D eigenvalue weighted by Gasteiger charge is -2.12. The van der Waals surface area contributed by atoms with Crippen molar-refractivity contribution in [2.24, 2.45) is 0 Å². The quantitative estimate of drug-likeness (QED) is 0.367. The van der Waals surface area contributed by atoms with E-state index < -0.39 is 51.4 Å². The van der Waals surface area contributed by atoms with Gasteiger partial charge < -0.3 is 4.74 Å². The Labute approximate surface area is 157 Å². The third kappa shape index (κ3) is 7.23. The van der Waals surface area contributed by atoms with E-state index in [0.29, 0.717) is 12.1 Å². The second-order valence-corrected chi connectivity index (χ2v) is 5.70. The van der Waals surface area contributed by atoms with Crippen molar-refractivity contribution in [3.63, 3.8) is 0 Å². The van der Waals surface area contributed by atoms with Crippen LogP contribution in [0.1, 0.15) is 16.7 Å². The highest BCUT2D eigenvalue weighted by atomic mass is 35.5. The standard InChI is InChI=1S/C14H6Cl3F6NO2/c15-10(16)11(17)24-12(25)26-3-1-2-7-4-8(13(18,19)20)6-9(5-7)14(21,22)23/h4-6H,3H2,(H,24,25). The molecule has 0 radical (unpaired) electrons. The second kappa shape index (κ2) is 8.75. The molecular formula is C14H6Cl3F6NO2. The molecule has 1 aromatic carbocycles. The second-order valence-electron chi connectivity index (χ2n) is 4.37. The van der Waals surface area contributed by atoms with Crippen LogP contribution in [0.15, 0.2) is 27.8 Å². The lowest BCUT2D eigenvalue weighted by molar-refractivity contribution is -0.143. The summed E-state index contributed by atoms with van der Waals surface area (Å²) in [6, 6.07) is 0.851. The number of benzene rings is 1. The Hall–Kier alpha value is -1.76. The number of ether oxygens (including phenoxy) is 1. The zero-order valence-corrected chi connectivity index (χ0v) is 14.4. The zero-order chi connectivity index (χ0) is 20.1. The van der Waals surface area contributed by atoms with Crippen LogP contribution in [-0.2, 0) is 17.1 Å². The van der Waals surface area contributed by atoms with Crippen LogP contribution >= 0.6 is 34.8 Å². The maximum absolute atomic E-state index is 12.7. The Morgan fingerprint density at radius 3 is 1.92 bits per heavy atom. The van der Waals surface area contributed by atoms with Gasteiger partial charge in [0.05, 0.1) is 11.1 Å². The Bertz CT molecular complexity index is 741. The molecule has 142 valence electrons. The van der Waals surface area contributed by atoms with Gasteiger partial charge in [-0.25, -0.2) is 4.79 Å². The van der Waals surface area contributed by atoms with Gasteiger partial charge in [0, 0.05) is 5.56 Å². The summed E-state index contributed by atoms with van der Waals surface area (Å²) < 4.78 is 80.1. The van der Waals surface area contributed by atoms with Crippen molar-refractivity contribution < 1.29 is 35.9 Å². The van der Waals surface area contributed by atoms with Crippen LogP contribution < -0.4 is 5.32 Å². The van der Waals surface area contributed by atoms with Gasteiger partial charge in [-0.15, -0.1) is 0 Å². The fourth-order valence-corrected chi connectivity index (χ4v) is 1.61. The van der Waals surface area contributed by atoms with Crippen LogP contribution in [0.2, 0.25) is 0 Å². The molecule has 1 aromatic rings. The van der Waals surface area contributed by atoms with Crippen molar-refractivity contribution in [1.82, 2.24) is 5.32 Å². The number of nitrogens with one attached hydrogen (secondary N) is 1. The molecule has 0 unspecified atom stereocenters. The lowest BCUT2D eigenvalue weighted by Crippen LogP contribution is -2.21. The molecule has 0 heterocycles. The topological polar surface area (TPSA) is 38.3 Å². The van der Waals surface area contributed by atoms with Crippen molar-refractivity contribution >= 4 is 40.9 Å². The van der Waals surface area contributed by atoms with Crippen LogP contribution in [-0.4, -0.2) is 12.7 Å². The van der Waals surface area contributed by atoms with Gasteiger partial charge in [0.1, 0.15) is 9.65 Å². The maximum Gasteiger partial charge on any atom is 0.416 e. The van der Waals surface area contributed by atoms with Crippen molar-refractivity contribution in [1.29, 1.82) is 0 Å². The lowest BCUT2D eigenvalue weighted by atomic mass is 10.1. The summed E-state index contributed by atoms with van der Waals surface area (Å²) >= 11 is 15.9. The first-order chi connectivity index (χ1) is 11.8. The maximum atomic E-state index is 12.7. The predicted molar refractivity (Wildman–Crippen MR) is 82.4 cm³/mol. The summed E-state index contributed by atoms with van der Waals surface area (Å²) in [6.07, 6.45) is -11.1. The van der Waals surface area contributed by atoms with Gasteiger partial charge in [0.15, 0.2) is 6.61 Å².